The number of aromatic nitrogens is 1. The summed E-state index contributed by atoms with van der Waals surface area (Å²) in [5.41, 5.74) is 2.14. The second-order valence-corrected chi connectivity index (χ2v) is 6.58. The molecule has 0 saturated carbocycles. The Labute approximate surface area is 149 Å². The predicted octanol–water partition coefficient (Wildman–Crippen LogP) is 4.94. The molecule has 0 aliphatic rings. The Morgan fingerprint density at radius 1 is 1.25 bits per heavy atom. The summed E-state index contributed by atoms with van der Waals surface area (Å²) in [6.45, 7) is 2.45. The Morgan fingerprint density at radius 3 is 2.75 bits per heavy atom. The van der Waals surface area contributed by atoms with Crippen molar-refractivity contribution in [3.8, 4) is 5.75 Å². The summed E-state index contributed by atoms with van der Waals surface area (Å²) in [6, 6.07) is 13.0. The molecule has 122 valence electrons. The molecule has 0 atom stereocenters. The second-order valence-electron chi connectivity index (χ2n) is 5.24. The number of thiophene rings is 1. The average Bonchev–Trinajstić information content (AvgIpc) is 3.06. The average molecular weight is 359 g/mol. The van der Waals surface area contributed by atoms with Gasteiger partial charge in [-0.25, -0.2) is 4.98 Å². The number of aryl methyl sites for hydroxylation is 1. The zero-order chi connectivity index (χ0) is 16.9. The molecule has 3 rings (SSSR count). The minimum absolute atomic E-state index is 0.198. The fourth-order valence-corrected chi connectivity index (χ4v) is 2.90. The molecule has 0 saturated heterocycles. The van der Waals surface area contributed by atoms with Crippen LogP contribution in [0.1, 0.15) is 20.8 Å². The minimum atomic E-state index is -0.198. The SMILES string of the molecule is Cc1ccc(OCc2csc(C(=O)Nc3ccc(Cl)cn3)c2)cc1. The van der Waals surface area contributed by atoms with Crippen molar-refractivity contribution in [2.75, 3.05) is 5.32 Å². The minimum Gasteiger partial charge on any atom is -0.489 e. The first kappa shape index (κ1) is 16.5. The van der Waals surface area contributed by atoms with E-state index < -0.39 is 0 Å². The lowest BCUT2D eigenvalue weighted by atomic mass is 10.2. The van der Waals surface area contributed by atoms with E-state index in [1.165, 1.54) is 23.1 Å². The van der Waals surface area contributed by atoms with Crippen LogP contribution in [0.15, 0.2) is 54.0 Å². The highest BCUT2D eigenvalue weighted by atomic mass is 35.5. The lowest BCUT2D eigenvalue weighted by Gasteiger charge is -2.04. The van der Waals surface area contributed by atoms with E-state index in [1.807, 2.05) is 42.6 Å². The summed E-state index contributed by atoms with van der Waals surface area (Å²) in [6.07, 6.45) is 1.49. The van der Waals surface area contributed by atoms with Crippen LogP contribution in [0, 0.1) is 6.92 Å². The molecule has 4 nitrogen and oxygen atoms in total. The third kappa shape index (κ3) is 4.34. The molecule has 0 bridgehead atoms. The molecule has 1 amide bonds. The first-order valence-corrected chi connectivity index (χ1v) is 8.56. The van der Waals surface area contributed by atoms with Crippen molar-refractivity contribution in [3.63, 3.8) is 0 Å². The molecule has 0 spiro atoms. The van der Waals surface area contributed by atoms with E-state index in [0.717, 1.165) is 11.3 Å². The second kappa shape index (κ2) is 7.47. The number of pyridine rings is 1. The van der Waals surface area contributed by atoms with E-state index in [-0.39, 0.29) is 5.91 Å². The molecule has 1 N–H and O–H groups in total. The number of ether oxygens (including phenoxy) is 1. The van der Waals surface area contributed by atoms with Gasteiger partial charge in [0.25, 0.3) is 5.91 Å². The molecule has 2 heterocycles. The molecule has 1 aromatic carbocycles. The first-order valence-electron chi connectivity index (χ1n) is 7.30. The number of benzene rings is 1. The Balaban J connectivity index is 1.59. The van der Waals surface area contributed by atoms with Gasteiger partial charge in [0, 0.05) is 11.8 Å². The largest absolute Gasteiger partial charge is 0.489 e. The van der Waals surface area contributed by atoms with Gasteiger partial charge in [-0.3, -0.25) is 4.79 Å². The third-order valence-electron chi connectivity index (χ3n) is 3.27. The predicted molar refractivity (Wildman–Crippen MR) is 97.0 cm³/mol. The summed E-state index contributed by atoms with van der Waals surface area (Å²) in [4.78, 5) is 16.9. The number of rotatable bonds is 5. The number of halogens is 1. The van der Waals surface area contributed by atoms with Crippen LogP contribution in [0.4, 0.5) is 5.82 Å². The van der Waals surface area contributed by atoms with Crippen molar-refractivity contribution in [1.82, 2.24) is 4.98 Å². The molecular weight excluding hydrogens is 344 g/mol. The van der Waals surface area contributed by atoms with Gasteiger partial charge in [0.15, 0.2) is 0 Å². The van der Waals surface area contributed by atoms with E-state index in [0.29, 0.717) is 22.3 Å². The number of nitrogens with one attached hydrogen (secondary N) is 1. The quantitative estimate of drug-likeness (QED) is 0.703. The number of carbonyl (C=O) groups is 1. The molecular formula is C18H15ClN2O2S. The van der Waals surface area contributed by atoms with Crippen LogP contribution in [0.25, 0.3) is 0 Å². The standard InChI is InChI=1S/C18H15ClN2O2S/c1-12-2-5-15(6-3-12)23-10-13-8-16(24-11-13)18(22)21-17-7-4-14(19)9-20-17/h2-9,11H,10H2,1H3,(H,20,21,22). The fourth-order valence-electron chi connectivity index (χ4n) is 2.00. The van der Waals surface area contributed by atoms with Crippen molar-refractivity contribution in [2.45, 2.75) is 13.5 Å². The zero-order valence-corrected chi connectivity index (χ0v) is 14.5. The highest BCUT2D eigenvalue weighted by Gasteiger charge is 2.10. The summed E-state index contributed by atoms with van der Waals surface area (Å²) < 4.78 is 5.72. The summed E-state index contributed by atoms with van der Waals surface area (Å²) in [7, 11) is 0. The van der Waals surface area contributed by atoms with Gasteiger partial charge < -0.3 is 10.1 Å². The van der Waals surface area contributed by atoms with Crippen LogP contribution in [0.2, 0.25) is 5.02 Å². The Morgan fingerprint density at radius 2 is 2.04 bits per heavy atom. The van der Waals surface area contributed by atoms with Crippen molar-refractivity contribution >= 4 is 34.7 Å². The van der Waals surface area contributed by atoms with E-state index >= 15 is 0 Å². The van der Waals surface area contributed by atoms with Gasteiger partial charge in [0.1, 0.15) is 18.2 Å². The summed E-state index contributed by atoms with van der Waals surface area (Å²) >= 11 is 7.15. The Hall–Kier alpha value is -2.37. The maximum absolute atomic E-state index is 12.2. The maximum atomic E-state index is 12.2. The topological polar surface area (TPSA) is 51.2 Å². The van der Waals surface area contributed by atoms with E-state index in [4.69, 9.17) is 16.3 Å². The molecule has 0 aliphatic heterocycles. The van der Waals surface area contributed by atoms with Gasteiger partial charge in [0.05, 0.1) is 9.90 Å². The number of hydrogen-bond acceptors (Lipinski definition) is 4. The number of amides is 1. The van der Waals surface area contributed by atoms with Gasteiger partial charge in [-0.15, -0.1) is 11.3 Å². The van der Waals surface area contributed by atoms with Gasteiger partial charge in [0.2, 0.25) is 0 Å². The van der Waals surface area contributed by atoms with Gasteiger partial charge in [-0.05, 0) is 42.6 Å². The van der Waals surface area contributed by atoms with Crippen LogP contribution in [0.3, 0.4) is 0 Å². The highest BCUT2D eigenvalue weighted by molar-refractivity contribution is 7.12. The monoisotopic (exact) mass is 358 g/mol. The molecule has 24 heavy (non-hydrogen) atoms. The maximum Gasteiger partial charge on any atom is 0.266 e. The van der Waals surface area contributed by atoms with E-state index in [9.17, 15) is 4.79 Å². The summed E-state index contributed by atoms with van der Waals surface area (Å²) in [5.74, 6) is 1.08. The van der Waals surface area contributed by atoms with Crippen molar-refractivity contribution in [3.05, 3.63) is 75.1 Å². The van der Waals surface area contributed by atoms with E-state index in [1.54, 1.807) is 12.1 Å². The smallest absolute Gasteiger partial charge is 0.266 e. The normalized spacial score (nSPS) is 10.4. The molecule has 2 aromatic heterocycles. The van der Waals surface area contributed by atoms with Gasteiger partial charge in [-0.2, -0.15) is 0 Å². The van der Waals surface area contributed by atoms with Crippen molar-refractivity contribution in [2.24, 2.45) is 0 Å². The fraction of sp³-hybridized carbons (Fsp3) is 0.111. The highest BCUT2D eigenvalue weighted by Crippen LogP contribution is 2.19. The number of anilines is 1. The van der Waals surface area contributed by atoms with Crippen LogP contribution in [0.5, 0.6) is 5.75 Å². The molecule has 0 fully saturated rings. The molecule has 0 unspecified atom stereocenters. The van der Waals surface area contributed by atoms with Gasteiger partial charge in [-0.1, -0.05) is 29.3 Å². The zero-order valence-electron chi connectivity index (χ0n) is 13.0. The lowest BCUT2D eigenvalue weighted by Crippen LogP contribution is -2.11. The molecule has 3 aromatic rings. The Kier molecular flexibility index (Phi) is 5.13. The summed E-state index contributed by atoms with van der Waals surface area (Å²) in [5, 5.41) is 5.18. The van der Waals surface area contributed by atoms with Crippen molar-refractivity contribution < 1.29 is 9.53 Å². The van der Waals surface area contributed by atoms with Crippen molar-refractivity contribution in [1.29, 1.82) is 0 Å². The van der Waals surface area contributed by atoms with Crippen LogP contribution in [-0.4, -0.2) is 10.9 Å². The van der Waals surface area contributed by atoms with Crippen LogP contribution < -0.4 is 10.1 Å². The molecule has 6 heteroatoms. The van der Waals surface area contributed by atoms with Crippen LogP contribution in [-0.2, 0) is 6.61 Å². The van der Waals surface area contributed by atoms with Crippen LogP contribution >= 0.6 is 22.9 Å². The molecule has 0 aliphatic carbocycles. The lowest BCUT2D eigenvalue weighted by molar-refractivity contribution is 0.103. The molecule has 0 radical (unpaired) electrons. The Bertz CT molecular complexity index is 829. The first-order chi connectivity index (χ1) is 11.6. The third-order valence-corrected chi connectivity index (χ3v) is 4.47. The number of hydrogen-bond donors (Lipinski definition) is 1. The van der Waals surface area contributed by atoms with E-state index in [2.05, 4.69) is 10.3 Å². The number of nitrogens with zero attached hydrogens (tertiary/aromatic N) is 1. The number of carbonyl (C=O) groups excluding carboxylic acids is 1. The van der Waals surface area contributed by atoms with Gasteiger partial charge >= 0.3 is 0 Å².